The Kier molecular flexibility index (Phi) is 6.68. The average Bonchev–Trinajstić information content (AvgIpc) is 3.74. The lowest BCUT2D eigenvalue weighted by Crippen LogP contribution is -2.13. The zero-order valence-electron chi connectivity index (χ0n) is 27.0. The predicted octanol–water partition coefficient (Wildman–Crippen LogP) is 14.0. The highest BCUT2D eigenvalue weighted by Crippen LogP contribution is 2.51. The molecule has 0 aliphatic carbocycles. The van der Waals surface area contributed by atoms with Gasteiger partial charge in [-0.25, -0.2) is 0 Å². The van der Waals surface area contributed by atoms with Crippen molar-refractivity contribution in [2.75, 3.05) is 9.80 Å². The fourth-order valence-electron chi connectivity index (χ4n) is 7.35. The maximum absolute atomic E-state index is 6.44. The number of rotatable bonds is 6. The second kappa shape index (κ2) is 11.7. The van der Waals surface area contributed by atoms with Crippen molar-refractivity contribution in [2.24, 2.45) is 0 Å². The third-order valence-corrected chi connectivity index (χ3v) is 10.8. The van der Waals surface area contributed by atoms with E-state index < -0.39 is 0 Å². The zero-order chi connectivity index (χ0) is 33.0. The molecule has 50 heavy (non-hydrogen) atoms. The summed E-state index contributed by atoms with van der Waals surface area (Å²) in [5, 5.41) is 7.17. The summed E-state index contributed by atoms with van der Waals surface area (Å²) in [5.74, 6) is 0. The number of fused-ring (bicyclic) bond motifs is 7. The van der Waals surface area contributed by atoms with Crippen LogP contribution in [0.4, 0.5) is 34.1 Å². The first-order valence-electron chi connectivity index (χ1n) is 16.8. The van der Waals surface area contributed by atoms with Gasteiger partial charge in [0.05, 0.1) is 21.5 Å². The number of hydrogen-bond donors (Lipinski definition) is 0. The van der Waals surface area contributed by atoms with Crippen LogP contribution in [0.2, 0.25) is 0 Å². The maximum atomic E-state index is 6.44. The Morgan fingerprint density at radius 3 is 1.66 bits per heavy atom. The summed E-state index contributed by atoms with van der Waals surface area (Å²) < 4.78 is 8.94. The summed E-state index contributed by atoms with van der Waals surface area (Å²) in [5.41, 5.74) is 8.31. The van der Waals surface area contributed by atoms with E-state index in [1.165, 1.54) is 30.9 Å². The van der Waals surface area contributed by atoms with Crippen LogP contribution in [0, 0.1) is 0 Å². The van der Waals surface area contributed by atoms with Crippen LogP contribution < -0.4 is 9.80 Å². The van der Waals surface area contributed by atoms with E-state index >= 15 is 0 Å². The first-order valence-corrected chi connectivity index (χ1v) is 17.7. The lowest BCUT2D eigenvalue weighted by molar-refractivity contribution is 0.669. The molecule has 10 rings (SSSR count). The molecule has 0 spiro atoms. The van der Waals surface area contributed by atoms with Gasteiger partial charge in [0, 0.05) is 43.6 Å². The van der Waals surface area contributed by atoms with Crippen molar-refractivity contribution < 1.29 is 4.42 Å². The molecule has 0 aliphatic heterocycles. The van der Waals surface area contributed by atoms with Crippen molar-refractivity contribution in [2.45, 2.75) is 0 Å². The lowest BCUT2D eigenvalue weighted by Gasteiger charge is -2.30. The minimum atomic E-state index is 0.870. The molecule has 2 heterocycles. The first kappa shape index (κ1) is 28.6. The topological polar surface area (TPSA) is 19.6 Å². The van der Waals surface area contributed by atoms with Gasteiger partial charge in [-0.3, -0.25) is 0 Å². The highest BCUT2D eigenvalue weighted by Gasteiger charge is 2.25. The van der Waals surface area contributed by atoms with E-state index in [0.717, 1.165) is 56.1 Å². The summed E-state index contributed by atoms with van der Waals surface area (Å²) in [7, 11) is 0. The Morgan fingerprint density at radius 2 is 0.960 bits per heavy atom. The largest absolute Gasteiger partial charge is 0.456 e. The third kappa shape index (κ3) is 4.65. The van der Waals surface area contributed by atoms with Gasteiger partial charge in [-0.1, -0.05) is 103 Å². The molecule has 0 fully saturated rings. The van der Waals surface area contributed by atoms with Crippen LogP contribution in [0.5, 0.6) is 0 Å². The van der Waals surface area contributed by atoms with Crippen LogP contribution in [0.15, 0.2) is 186 Å². The van der Waals surface area contributed by atoms with Crippen LogP contribution in [-0.2, 0) is 0 Å². The zero-order valence-corrected chi connectivity index (χ0v) is 27.8. The SMILES string of the molecule is c1ccc(N(c2ccccc2)c2cc(N(c3ccccc3)c3cccc4oc5ccccc5c34)c3sc4cc5ccccc5cc4c3c2)cc1. The monoisotopic (exact) mass is 658 g/mol. The van der Waals surface area contributed by atoms with Gasteiger partial charge in [-0.05, 0) is 89.6 Å². The summed E-state index contributed by atoms with van der Waals surface area (Å²) >= 11 is 1.86. The summed E-state index contributed by atoms with van der Waals surface area (Å²) in [6, 6.07) is 64.9. The second-order valence-electron chi connectivity index (χ2n) is 12.6. The molecule has 0 unspecified atom stereocenters. The van der Waals surface area contributed by atoms with Gasteiger partial charge >= 0.3 is 0 Å². The van der Waals surface area contributed by atoms with E-state index in [9.17, 15) is 0 Å². The molecule has 0 amide bonds. The Labute approximate surface area is 293 Å². The normalized spacial score (nSPS) is 11.6. The van der Waals surface area contributed by atoms with E-state index in [2.05, 4.69) is 186 Å². The molecule has 0 saturated carbocycles. The highest BCUT2D eigenvalue weighted by molar-refractivity contribution is 7.26. The van der Waals surface area contributed by atoms with Crippen LogP contribution in [-0.4, -0.2) is 0 Å². The number of anilines is 6. The van der Waals surface area contributed by atoms with Crippen molar-refractivity contribution in [1.29, 1.82) is 0 Å². The van der Waals surface area contributed by atoms with Crippen LogP contribution in [0.25, 0.3) is 52.9 Å². The van der Waals surface area contributed by atoms with E-state index in [0.29, 0.717) is 0 Å². The van der Waals surface area contributed by atoms with Crippen LogP contribution in [0.3, 0.4) is 0 Å². The minimum Gasteiger partial charge on any atom is -0.456 e. The van der Waals surface area contributed by atoms with Gasteiger partial charge in [0.25, 0.3) is 0 Å². The predicted molar refractivity (Wildman–Crippen MR) is 213 cm³/mol. The smallest absolute Gasteiger partial charge is 0.137 e. The Balaban J connectivity index is 1.35. The highest BCUT2D eigenvalue weighted by atomic mass is 32.1. The van der Waals surface area contributed by atoms with E-state index in [4.69, 9.17) is 4.42 Å². The van der Waals surface area contributed by atoms with E-state index in [-0.39, 0.29) is 0 Å². The molecule has 0 atom stereocenters. The lowest BCUT2D eigenvalue weighted by atomic mass is 10.0. The van der Waals surface area contributed by atoms with Gasteiger partial charge in [0.1, 0.15) is 11.2 Å². The third-order valence-electron chi connectivity index (χ3n) is 9.57. The number of nitrogens with zero attached hydrogens (tertiary/aromatic N) is 2. The van der Waals surface area contributed by atoms with Crippen LogP contribution in [0.1, 0.15) is 0 Å². The molecule has 0 saturated heterocycles. The maximum Gasteiger partial charge on any atom is 0.137 e. The summed E-state index contributed by atoms with van der Waals surface area (Å²) in [6.45, 7) is 0. The Morgan fingerprint density at radius 1 is 0.380 bits per heavy atom. The van der Waals surface area contributed by atoms with Crippen molar-refractivity contribution in [1.82, 2.24) is 0 Å². The Bertz CT molecular complexity index is 2780. The Hall–Kier alpha value is -6.36. The van der Waals surface area contributed by atoms with Gasteiger partial charge in [0.2, 0.25) is 0 Å². The van der Waals surface area contributed by atoms with E-state index in [1.54, 1.807) is 0 Å². The number of furan rings is 1. The fraction of sp³-hybridized carbons (Fsp3) is 0. The molecule has 3 nitrogen and oxygen atoms in total. The molecule has 2 aromatic heterocycles. The molecular weight excluding hydrogens is 629 g/mol. The summed E-state index contributed by atoms with van der Waals surface area (Å²) in [4.78, 5) is 4.80. The fourth-order valence-corrected chi connectivity index (χ4v) is 8.57. The number of thiophene rings is 1. The molecule has 0 bridgehead atoms. The number of benzene rings is 8. The van der Waals surface area contributed by atoms with E-state index in [1.807, 2.05) is 17.4 Å². The summed E-state index contributed by atoms with van der Waals surface area (Å²) in [6.07, 6.45) is 0. The van der Waals surface area contributed by atoms with Crippen molar-refractivity contribution in [3.8, 4) is 0 Å². The molecule has 236 valence electrons. The minimum absolute atomic E-state index is 0.870. The first-order chi connectivity index (χ1) is 24.8. The molecule has 10 aromatic rings. The molecule has 0 N–H and O–H groups in total. The van der Waals surface area contributed by atoms with Crippen LogP contribution >= 0.6 is 11.3 Å². The average molecular weight is 659 g/mol. The van der Waals surface area contributed by atoms with Crippen molar-refractivity contribution in [3.05, 3.63) is 182 Å². The van der Waals surface area contributed by atoms with Crippen molar-refractivity contribution in [3.63, 3.8) is 0 Å². The van der Waals surface area contributed by atoms with Gasteiger partial charge in [0.15, 0.2) is 0 Å². The van der Waals surface area contributed by atoms with Crippen molar-refractivity contribution >= 4 is 98.3 Å². The van der Waals surface area contributed by atoms with Gasteiger partial charge < -0.3 is 14.2 Å². The molecule has 8 aromatic carbocycles. The second-order valence-corrected chi connectivity index (χ2v) is 13.6. The van der Waals surface area contributed by atoms with Gasteiger partial charge in [-0.15, -0.1) is 11.3 Å². The molecule has 0 radical (unpaired) electrons. The molecular formula is C46H30N2OS. The molecule has 0 aliphatic rings. The number of para-hydroxylation sites is 4. The molecule has 4 heteroatoms. The quantitative estimate of drug-likeness (QED) is 0.177. The van der Waals surface area contributed by atoms with Gasteiger partial charge in [-0.2, -0.15) is 0 Å². The number of hydrogen-bond acceptors (Lipinski definition) is 4. The standard InChI is InChI=1S/C46H30N2OS/c1-4-17-33(18-5-1)47(34-19-6-2-7-20-34)36-29-39-38-27-31-15-10-11-16-32(31)28-44(38)50-46(39)41(30-36)48(35-21-8-3-9-22-35)40-24-14-26-43-45(40)37-23-12-13-25-42(37)49-43/h1-30H.